The molecule has 2 heterocycles. The summed E-state index contributed by atoms with van der Waals surface area (Å²) >= 11 is 0. The van der Waals surface area contributed by atoms with Gasteiger partial charge >= 0.3 is 0 Å². The van der Waals surface area contributed by atoms with E-state index in [1.807, 2.05) is 11.9 Å². The predicted molar refractivity (Wildman–Crippen MR) is 90.9 cm³/mol. The third-order valence-electron chi connectivity index (χ3n) is 4.80. The molecule has 1 amide bonds. The maximum absolute atomic E-state index is 12.3. The van der Waals surface area contributed by atoms with Crippen molar-refractivity contribution in [1.82, 2.24) is 15.1 Å². The van der Waals surface area contributed by atoms with Crippen LogP contribution in [0.3, 0.4) is 0 Å². The van der Waals surface area contributed by atoms with Crippen molar-refractivity contribution in [2.75, 3.05) is 39.8 Å². The predicted octanol–water partition coefficient (Wildman–Crippen LogP) is 1.94. The highest BCUT2D eigenvalue weighted by atomic mass is 16.2. The highest BCUT2D eigenvalue weighted by Crippen LogP contribution is 2.16. The molecule has 0 spiro atoms. The summed E-state index contributed by atoms with van der Waals surface area (Å²) in [5.41, 5.74) is 0. The first-order valence-corrected chi connectivity index (χ1v) is 8.83. The van der Waals surface area contributed by atoms with E-state index in [1.54, 1.807) is 0 Å². The molecule has 0 radical (unpaired) electrons. The smallest absolute Gasteiger partial charge is 0.224 e. The molecular weight excluding hydrogens is 276 g/mol. The number of rotatable bonds is 3. The summed E-state index contributed by atoms with van der Waals surface area (Å²) in [6, 6.07) is 0. The number of nitrogens with zero attached hydrogens (tertiary/aromatic N) is 3. The van der Waals surface area contributed by atoms with E-state index in [2.05, 4.69) is 29.1 Å². The molecule has 2 unspecified atom stereocenters. The summed E-state index contributed by atoms with van der Waals surface area (Å²) in [5, 5.41) is 3.37. The highest BCUT2D eigenvalue weighted by Gasteiger charge is 2.22. The number of carbonyl (C=O) groups excluding carboxylic acids is 1. The quantitative estimate of drug-likeness (QED) is 0.640. The lowest BCUT2D eigenvalue weighted by Crippen LogP contribution is -2.47. The van der Waals surface area contributed by atoms with Gasteiger partial charge in [0.1, 0.15) is 0 Å². The Kier molecular flexibility index (Phi) is 6.52. The first kappa shape index (κ1) is 17.1. The number of hydrogen-bond acceptors (Lipinski definition) is 2. The van der Waals surface area contributed by atoms with Gasteiger partial charge in [0.25, 0.3) is 0 Å². The van der Waals surface area contributed by atoms with Crippen molar-refractivity contribution in [2.45, 2.75) is 46.0 Å². The van der Waals surface area contributed by atoms with Crippen LogP contribution in [0.4, 0.5) is 0 Å². The fraction of sp³-hybridized carbons (Fsp3) is 0.882. The molecule has 0 saturated carbocycles. The summed E-state index contributed by atoms with van der Waals surface area (Å²) in [6.45, 7) is 9.20. The number of carbonyl (C=O) groups is 1. The maximum atomic E-state index is 12.3. The summed E-state index contributed by atoms with van der Waals surface area (Å²) in [6.07, 6.45) is 5.50. The minimum atomic E-state index is 0.279. The molecule has 126 valence electrons. The number of piperidine rings is 2. The second-order valence-corrected chi connectivity index (χ2v) is 7.00. The zero-order chi connectivity index (χ0) is 15.9. The van der Waals surface area contributed by atoms with Crippen molar-refractivity contribution in [3.8, 4) is 0 Å². The monoisotopic (exact) mass is 308 g/mol. The van der Waals surface area contributed by atoms with Crippen LogP contribution in [0.5, 0.6) is 0 Å². The van der Waals surface area contributed by atoms with Gasteiger partial charge in [-0.25, -0.2) is 0 Å². The number of amides is 1. The Bertz CT molecular complexity index is 396. The molecule has 5 heteroatoms. The average Bonchev–Trinajstić information content (AvgIpc) is 2.51. The summed E-state index contributed by atoms with van der Waals surface area (Å²) in [7, 11) is 1.83. The zero-order valence-electron chi connectivity index (χ0n) is 14.5. The Hall–Kier alpha value is -1.26. The minimum Gasteiger partial charge on any atom is -0.356 e. The lowest BCUT2D eigenvalue weighted by molar-refractivity contribution is -0.132. The van der Waals surface area contributed by atoms with Crippen molar-refractivity contribution in [1.29, 1.82) is 0 Å². The number of guanidine groups is 1. The van der Waals surface area contributed by atoms with Gasteiger partial charge in [-0.3, -0.25) is 9.79 Å². The van der Waals surface area contributed by atoms with Crippen LogP contribution in [0, 0.1) is 11.8 Å². The Balaban J connectivity index is 1.73. The number of aliphatic imine (C=N–C) groups is 1. The molecule has 2 aliphatic rings. The van der Waals surface area contributed by atoms with Crippen LogP contribution in [-0.2, 0) is 4.79 Å². The molecule has 0 bridgehead atoms. The van der Waals surface area contributed by atoms with Crippen molar-refractivity contribution in [3.63, 3.8) is 0 Å². The van der Waals surface area contributed by atoms with Crippen molar-refractivity contribution < 1.29 is 4.79 Å². The van der Waals surface area contributed by atoms with E-state index in [-0.39, 0.29) is 5.91 Å². The molecule has 0 aromatic rings. The number of hydrogen-bond donors (Lipinski definition) is 1. The Morgan fingerprint density at radius 3 is 2.27 bits per heavy atom. The fourth-order valence-corrected chi connectivity index (χ4v) is 3.57. The molecule has 0 aromatic carbocycles. The molecule has 1 N–H and O–H groups in total. The van der Waals surface area contributed by atoms with Gasteiger partial charge in [-0.2, -0.15) is 0 Å². The first-order valence-electron chi connectivity index (χ1n) is 8.83. The van der Waals surface area contributed by atoms with Crippen LogP contribution in [0.1, 0.15) is 46.0 Å². The van der Waals surface area contributed by atoms with Crippen LogP contribution in [0.25, 0.3) is 0 Å². The summed E-state index contributed by atoms with van der Waals surface area (Å²) in [5.74, 6) is 2.60. The summed E-state index contributed by atoms with van der Waals surface area (Å²) in [4.78, 5) is 21.0. The van der Waals surface area contributed by atoms with Gasteiger partial charge in [0.15, 0.2) is 5.96 Å². The van der Waals surface area contributed by atoms with Gasteiger partial charge in [-0.15, -0.1) is 0 Å². The zero-order valence-corrected chi connectivity index (χ0v) is 14.5. The fourth-order valence-electron chi connectivity index (χ4n) is 3.57. The van der Waals surface area contributed by atoms with Crippen LogP contribution >= 0.6 is 0 Å². The average molecular weight is 308 g/mol. The molecular formula is C17H32N4O. The highest BCUT2D eigenvalue weighted by molar-refractivity contribution is 5.81. The molecule has 2 fully saturated rings. The van der Waals surface area contributed by atoms with Crippen LogP contribution in [0.2, 0.25) is 0 Å². The van der Waals surface area contributed by atoms with Gasteiger partial charge in [0.2, 0.25) is 5.91 Å². The maximum Gasteiger partial charge on any atom is 0.224 e. The van der Waals surface area contributed by atoms with E-state index < -0.39 is 0 Å². The molecule has 2 atom stereocenters. The van der Waals surface area contributed by atoms with Gasteiger partial charge in [-0.05, 0) is 37.5 Å². The second kappa shape index (κ2) is 8.39. The summed E-state index contributed by atoms with van der Waals surface area (Å²) < 4.78 is 0. The largest absolute Gasteiger partial charge is 0.356 e. The molecule has 2 saturated heterocycles. The third-order valence-corrected chi connectivity index (χ3v) is 4.80. The lowest BCUT2D eigenvalue weighted by Gasteiger charge is -2.34. The van der Waals surface area contributed by atoms with Gasteiger partial charge in [-0.1, -0.05) is 13.8 Å². The molecule has 0 aromatic heterocycles. The minimum absolute atomic E-state index is 0.279. The van der Waals surface area contributed by atoms with Crippen LogP contribution < -0.4 is 5.32 Å². The Morgan fingerprint density at radius 1 is 1.09 bits per heavy atom. The van der Waals surface area contributed by atoms with E-state index in [9.17, 15) is 4.79 Å². The third kappa shape index (κ3) is 4.89. The Morgan fingerprint density at radius 2 is 1.68 bits per heavy atom. The van der Waals surface area contributed by atoms with Crippen molar-refractivity contribution in [3.05, 3.63) is 0 Å². The molecule has 2 rings (SSSR count). The van der Waals surface area contributed by atoms with Crippen molar-refractivity contribution in [2.24, 2.45) is 16.8 Å². The Labute approximate surface area is 135 Å². The SMILES string of the molecule is CN=C(NCCC(=O)N1CCCC(C)C1)N1CCCC(C)C1. The molecule has 0 aliphatic carbocycles. The van der Waals surface area contributed by atoms with E-state index in [0.29, 0.717) is 18.9 Å². The van der Waals surface area contributed by atoms with E-state index in [0.717, 1.165) is 44.5 Å². The second-order valence-electron chi connectivity index (χ2n) is 7.00. The lowest BCUT2D eigenvalue weighted by atomic mass is 10.00. The van der Waals surface area contributed by atoms with E-state index in [4.69, 9.17) is 0 Å². The number of nitrogens with one attached hydrogen (secondary N) is 1. The van der Waals surface area contributed by atoms with E-state index >= 15 is 0 Å². The van der Waals surface area contributed by atoms with Gasteiger partial charge < -0.3 is 15.1 Å². The number of likely N-dealkylation sites (tertiary alicyclic amines) is 2. The standard InChI is InChI=1S/C17H32N4O/c1-14-6-4-10-20(12-14)16(22)8-9-19-17(18-3)21-11-5-7-15(2)13-21/h14-15H,4-13H2,1-3H3,(H,18,19). The van der Waals surface area contributed by atoms with Gasteiger partial charge in [0.05, 0.1) is 0 Å². The first-order chi connectivity index (χ1) is 10.6. The van der Waals surface area contributed by atoms with Crippen molar-refractivity contribution >= 4 is 11.9 Å². The molecule has 22 heavy (non-hydrogen) atoms. The molecule has 5 nitrogen and oxygen atoms in total. The van der Waals surface area contributed by atoms with E-state index in [1.165, 1.54) is 19.3 Å². The van der Waals surface area contributed by atoms with Crippen LogP contribution in [-0.4, -0.2) is 61.4 Å². The topological polar surface area (TPSA) is 47.9 Å². The van der Waals surface area contributed by atoms with Gasteiger partial charge in [0, 0.05) is 46.2 Å². The van der Waals surface area contributed by atoms with Crippen LogP contribution in [0.15, 0.2) is 4.99 Å². The molecule has 2 aliphatic heterocycles. The normalized spacial score (nSPS) is 27.0.